The molecule has 0 aliphatic carbocycles. The molecule has 0 spiro atoms. The highest BCUT2D eigenvalue weighted by Gasteiger charge is 2.33. The van der Waals surface area contributed by atoms with Crippen molar-refractivity contribution in [1.29, 1.82) is 0 Å². The van der Waals surface area contributed by atoms with Crippen LogP contribution in [0.5, 0.6) is 0 Å². The number of rotatable bonds is 0. The second kappa shape index (κ2) is 11.5. The molecule has 3 aromatic rings. The van der Waals surface area contributed by atoms with Gasteiger partial charge in [-0.2, -0.15) is 52.7 Å². The molecule has 3 nitrogen and oxygen atoms in total. The predicted octanol–water partition coefficient (Wildman–Crippen LogP) is 7.51. The first-order valence-electron chi connectivity index (χ1n) is 8.27. The van der Waals surface area contributed by atoms with Crippen LogP contribution in [0.25, 0.3) is 0 Å². The van der Waals surface area contributed by atoms with Gasteiger partial charge in [-0.1, -0.05) is 11.6 Å². The third-order valence-corrected chi connectivity index (χ3v) is 3.57. The zero-order valence-electron chi connectivity index (χ0n) is 16.2. The summed E-state index contributed by atoms with van der Waals surface area (Å²) in [6, 6.07) is 1.86. The van der Waals surface area contributed by atoms with E-state index in [0.29, 0.717) is 30.6 Å². The lowest BCUT2D eigenvalue weighted by Gasteiger charge is -2.05. The van der Waals surface area contributed by atoms with Crippen molar-refractivity contribution < 1.29 is 57.1 Å². The molecule has 0 N–H and O–H groups in total. The fourth-order valence-corrected chi connectivity index (χ4v) is 1.86. The molecule has 192 valence electrons. The molecule has 0 unspecified atom stereocenters. The Balaban J connectivity index is 0.000000263. The van der Waals surface area contributed by atoms with E-state index in [1.54, 1.807) is 0 Å². The molecular weight excluding hydrogens is 541 g/mol. The van der Waals surface area contributed by atoms with E-state index in [4.69, 9.17) is 11.6 Å². The van der Waals surface area contributed by atoms with Gasteiger partial charge in [-0.15, -0.1) is 0 Å². The van der Waals surface area contributed by atoms with E-state index >= 15 is 0 Å². The molecule has 0 saturated heterocycles. The van der Waals surface area contributed by atoms with Gasteiger partial charge >= 0.3 is 18.5 Å². The molecule has 0 aromatic carbocycles. The number of nitrogens with zero attached hydrogens (tertiary/aromatic N) is 3. The number of alkyl halides is 9. The van der Waals surface area contributed by atoms with E-state index in [2.05, 4.69) is 15.0 Å². The number of aromatic nitrogens is 3. The summed E-state index contributed by atoms with van der Waals surface area (Å²) in [7, 11) is 0. The van der Waals surface area contributed by atoms with Gasteiger partial charge in [0, 0.05) is 18.6 Å². The quantitative estimate of drug-likeness (QED) is 0.216. The molecular formula is C18H7ClF13N3. The highest BCUT2D eigenvalue weighted by molar-refractivity contribution is 6.30. The van der Waals surface area contributed by atoms with Crippen molar-refractivity contribution in [3.8, 4) is 0 Å². The maximum atomic E-state index is 12.3. The summed E-state index contributed by atoms with van der Waals surface area (Å²) in [5.41, 5.74) is -3.31. The minimum Gasteiger partial charge on any atom is -0.228 e. The van der Waals surface area contributed by atoms with E-state index in [-0.39, 0.29) is 12.3 Å². The molecule has 0 aliphatic heterocycles. The fourth-order valence-electron chi connectivity index (χ4n) is 1.70. The lowest BCUT2D eigenvalue weighted by atomic mass is 10.3. The Morgan fingerprint density at radius 2 is 0.971 bits per heavy atom. The number of hydrogen-bond donors (Lipinski definition) is 0. The van der Waals surface area contributed by atoms with Gasteiger partial charge in [0.15, 0.2) is 5.82 Å². The zero-order chi connectivity index (χ0) is 27.2. The Bertz CT molecular complexity index is 1050. The topological polar surface area (TPSA) is 38.7 Å². The Morgan fingerprint density at radius 3 is 1.34 bits per heavy atom. The van der Waals surface area contributed by atoms with Crippen LogP contribution in [0.15, 0.2) is 42.9 Å². The minimum absolute atomic E-state index is 0.0579. The normalized spacial score (nSPS) is 11.7. The van der Waals surface area contributed by atoms with Gasteiger partial charge < -0.3 is 0 Å². The number of hydrogen-bond acceptors (Lipinski definition) is 3. The monoisotopic (exact) mass is 547 g/mol. The van der Waals surface area contributed by atoms with E-state index in [9.17, 15) is 57.1 Å². The Kier molecular flexibility index (Phi) is 9.82. The molecule has 3 heterocycles. The molecule has 0 bridgehead atoms. The zero-order valence-corrected chi connectivity index (χ0v) is 16.9. The van der Waals surface area contributed by atoms with Crippen LogP contribution >= 0.6 is 11.6 Å². The second-order valence-corrected chi connectivity index (χ2v) is 6.26. The molecule has 0 amide bonds. The second-order valence-electron chi connectivity index (χ2n) is 5.86. The Labute approximate surface area is 191 Å². The summed E-state index contributed by atoms with van der Waals surface area (Å²) in [5.74, 6) is -5.17. The molecule has 3 rings (SSSR count). The third kappa shape index (κ3) is 9.92. The van der Waals surface area contributed by atoms with E-state index in [1.165, 1.54) is 0 Å². The highest BCUT2D eigenvalue weighted by atomic mass is 35.5. The first-order chi connectivity index (χ1) is 15.8. The van der Waals surface area contributed by atoms with Crippen LogP contribution in [-0.2, 0) is 18.5 Å². The summed E-state index contributed by atoms with van der Waals surface area (Å²) in [6.07, 6.45) is -12.6. The van der Waals surface area contributed by atoms with Crippen molar-refractivity contribution >= 4 is 11.6 Å². The summed E-state index contributed by atoms with van der Waals surface area (Å²) in [6.45, 7) is 0. The average molecular weight is 548 g/mol. The third-order valence-electron chi connectivity index (χ3n) is 3.30. The van der Waals surface area contributed by atoms with Crippen LogP contribution in [0.4, 0.5) is 57.1 Å². The molecule has 0 radical (unpaired) electrons. The lowest BCUT2D eigenvalue weighted by Crippen LogP contribution is -2.07. The largest absolute Gasteiger partial charge is 0.417 e. The van der Waals surface area contributed by atoms with Crippen molar-refractivity contribution in [2.75, 3.05) is 0 Å². The summed E-state index contributed by atoms with van der Waals surface area (Å²) >= 11 is 5.08. The van der Waals surface area contributed by atoms with Gasteiger partial charge in [-0.3, -0.25) is 0 Å². The number of halogens is 14. The first-order valence-corrected chi connectivity index (χ1v) is 8.65. The first kappa shape index (κ1) is 29.9. The van der Waals surface area contributed by atoms with Gasteiger partial charge in [-0.25, -0.2) is 19.3 Å². The Morgan fingerprint density at radius 1 is 0.543 bits per heavy atom. The van der Waals surface area contributed by atoms with E-state index < -0.39 is 63.9 Å². The molecule has 0 atom stereocenters. The standard InChI is InChI=1S/C6H2ClF4N.C6H2F5N.C6H3F4N/c2*7-4-1-3(6(9,10)11)2-12-5(4)8;7-5-2-1-4(3-11-5)6(8,9)10/h2*1-2H;1-3H. The molecule has 0 fully saturated rings. The van der Waals surface area contributed by atoms with Crippen LogP contribution in [-0.4, -0.2) is 15.0 Å². The molecule has 3 aromatic heterocycles. The van der Waals surface area contributed by atoms with Crippen molar-refractivity contribution in [1.82, 2.24) is 15.0 Å². The van der Waals surface area contributed by atoms with E-state index in [1.807, 2.05) is 0 Å². The van der Waals surface area contributed by atoms with Gasteiger partial charge in [0.2, 0.25) is 17.8 Å². The molecule has 0 aliphatic rings. The maximum absolute atomic E-state index is 12.3. The van der Waals surface area contributed by atoms with Gasteiger partial charge in [0.1, 0.15) is 0 Å². The van der Waals surface area contributed by atoms with Crippen molar-refractivity contribution in [2.45, 2.75) is 18.5 Å². The molecule has 35 heavy (non-hydrogen) atoms. The van der Waals surface area contributed by atoms with Crippen LogP contribution in [0.1, 0.15) is 16.7 Å². The van der Waals surface area contributed by atoms with Gasteiger partial charge in [0.05, 0.1) is 21.7 Å². The summed E-state index contributed by atoms with van der Waals surface area (Å²) in [5, 5.41) is -0.634. The smallest absolute Gasteiger partial charge is 0.228 e. The minimum atomic E-state index is -4.69. The van der Waals surface area contributed by atoms with Crippen molar-refractivity contribution in [2.24, 2.45) is 0 Å². The van der Waals surface area contributed by atoms with Crippen LogP contribution in [0.2, 0.25) is 5.02 Å². The van der Waals surface area contributed by atoms with Crippen LogP contribution < -0.4 is 0 Å². The average Bonchev–Trinajstić information content (AvgIpc) is 2.71. The van der Waals surface area contributed by atoms with Crippen LogP contribution in [0, 0.1) is 23.7 Å². The predicted molar refractivity (Wildman–Crippen MR) is 92.6 cm³/mol. The fraction of sp³-hybridized carbons (Fsp3) is 0.167. The SMILES string of the molecule is Fc1cc(C(F)(F)F)cnc1F.Fc1ccc(C(F)(F)F)cn1.Fc1ncc(C(F)(F)F)cc1Cl. The highest BCUT2D eigenvalue weighted by Crippen LogP contribution is 2.31. The van der Waals surface area contributed by atoms with Gasteiger partial charge in [0.25, 0.3) is 0 Å². The molecule has 17 heteroatoms. The number of pyridine rings is 3. The summed E-state index contributed by atoms with van der Waals surface area (Å²) < 4.78 is 155. The van der Waals surface area contributed by atoms with Crippen molar-refractivity contribution in [3.63, 3.8) is 0 Å². The van der Waals surface area contributed by atoms with Crippen LogP contribution in [0.3, 0.4) is 0 Å². The maximum Gasteiger partial charge on any atom is 0.417 e. The summed E-state index contributed by atoms with van der Waals surface area (Å²) in [4.78, 5) is 8.27. The molecule has 0 saturated carbocycles. The van der Waals surface area contributed by atoms with E-state index in [0.717, 1.165) is 0 Å². The van der Waals surface area contributed by atoms with Gasteiger partial charge in [-0.05, 0) is 24.3 Å². The van der Waals surface area contributed by atoms with Crippen molar-refractivity contribution in [3.05, 3.63) is 88.2 Å². The lowest BCUT2D eigenvalue weighted by molar-refractivity contribution is -0.138. The Hall–Kier alpha value is -3.17.